The summed E-state index contributed by atoms with van der Waals surface area (Å²) in [5.41, 5.74) is 3.97. The van der Waals surface area contributed by atoms with Crippen molar-refractivity contribution in [3.8, 4) is 12.3 Å². The minimum absolute atomic E-state index is 0.167. The van der Waals surface area contributed by atoms with Crippen molar-refractivity contribution in [2.75, 3.05) is 7.05 Å². The summed E-state index contributed by atoms with van der Waals surface area (Å²) in [6.45, 7) is 6.50. The van der Waals surface area contributed by atoms with E-state index in [0.717, 1.165) is 19.3 Å². The van der Waals surface area contributed by atoms with Gasteiger partial charge in [-0.3, -0.25) is 4.99 Å². The van der Waals surface area contributed by atoms with Crippen LogP contribution in [0.25, 0.3) is 0 Å². The number of hydrogen-bond donors (Lipinski definition) is 0. The fraction of sp³-hybridized carbons (Fsp3) is 0.529. The highest BCUT2D eigenvalue weighted by Gasteiger charge is 2.16. The second-order valence-corrected chi connectivity index (χ2v) is 5.23. The van der Waals surface area contributed by atoms with Crippen LogP contribution in [0.3, 0.4) is 0 Å². The van der Waals surface area contributed by atoms with Crippen molar-refractivity contribution in [1.82, 2.24) is 0 Å². The first-order chi connectivity index (χ1) is 9.10. The van der Waals surface area contributed by atoms with Crippen LogP contribution < -0.4 is 0 Å². The van der Waals surface area contributed by atoms with Gasteiger partial charge < -0.3 is 4.99 Å². The minimum Gasteiger partial charge on any atom is -0.301 e. The minimum atomic E-state index is 0.167. The van der Waals surface area contributed by atoms with E-state index in [1.807, 2.05) is 18.6 Å². The van der Waals surface area contributed by atoms with Crippen molar-refractivity contribution in [1.29, 1.82) is 0 Å². The first-order valence-corrected chi connectivity index (χ1v) is 6.90. The lowest BCUT2D eigenvalue weighted by atomic mass is 9.87. The fourth-order valence-electron chi connectivity index (χ4n) is 2.14. The molecule has 0 aliphatic carbocycles. The lowest BCUT2D eigenvalue weighted by Crippen LogP contribution is -2.05. The van der Waals surface area contributed by atoms with Crippen molar-refractivity contribution >= 4 is 12.4 Å². The van der Waals surface area contributed by atoms with Gasteiger partial charge in [-0.05, 0) is 55.0 Å². The Bertz CT molecular complexity index is 456. The molecule has 0 bridgehead atoms. The molecule has 0 aromatic carbocycles. The number of allylic oxidation sites excluding steroid dienone is 3. The van der Waals surface area contributed by atoms with Crippen LogP contribution in [0.1, 0.15) is 40.0 Å². The van der Waals surface area contributed by atoms with E-state index < -0.39 is 0 Å². The number of nitrogens with zero attached hydrogens (tertiary/aromatic N) is 2. The normalized spacial score (nSPS) is 17.6. The van der Waals surface area contributed by atoms with Crippen LogP contribution in [0.2, 0.25) is 0 Å². The Morgan fingerprint density at radius 2 is 2.21 bits per heavy atom. The molecule has 1 rings (SSSR count). The number of terminal acetylenes is 1. The molecule has 102 valence electrons. The zero-order chi connectivity index (χ0) is 14.3. The maximum absolute atomic E-state index is 5.62. The molecule has 0 aromatic heterocycles. The monoisotopic (exact) mass is 256 g/mol. The van der Waals surface area contributed by atoms with E-state index in [0.29, 0.717) is 5.92 Å². The van der Waals surface area contributed by atoms with E-state index in [-0.39, 0.29) is 5.92 Å². The van der Waals surface area contributed by atoms with Crippen LogP contribution in [0, 0.1) is 24.2 Å². The highest BCUT2D eigenvalue weighted by Crippen LogP contribution is 2.29. The van der Waals surface area contributed by atoms with E-state index in [4.69, 9.17) is 6.42 Å². The summed E-state index contributed by atoms with van der Waals surface area (Å²) in [5.74, 6) is 3.54. The van der Waals surface area contributed by atoms with E-state index in [2.05, 4.69) is 36.7 Å². The molecule has 1 heterocycles. The molecule has 0 saturated carbocycles. The molecule has 19 heavy (non-hydrogen) atoms. The molecular formula is C17H24N2. The molecule has 1 unspecified atom stereocenters. The van der Waals surface area contributed by atoms with Crippen LogP contribution >= 0.6 is 0 Å². The van der Waals surface area contributed by atoms with Gasteiger partial charge in [-0.2, -0.15) is 0 Å². The van der Waals surface area contributed by atoms with E-state index in [9.17, 15) is 0 Å². The van der Waals surface area contributed by atoms with Gasteiger partial charge in [-0.25, -0.2) is 0 Å². The molecule has 0 aromatic rings. The smallest absolute Gasteiger partial charge is 0.0390 e. The zero-order valence-electron chi connectivity index (χ0n) is 12.5. The summed E-state index contributed by atoms with van der Waals surface area (Å²) >= 11 is 0. The van der Waals surface area contributed by atoms with Gasteiger partial charge in [0.15, 0.2) is 0 Å². The Hall–Kier alpha value is -1.62. The standard InChI is InChI=1S/C17H24N2/c1-6-14(4)17-10-16(13(2)3)12-19-11-15(17)8-7-9-18-5/h1,9,11-14H,7-8,10H2,2-5H3. The van der Waals surface area contributed by atoms with E-state index >= 15 is 0 Å². The molecule has 0 spiro atoms. The lowest BCUT2D eigenvalue weighted by Gasteiger charge is -2.17. The zero-order valence-corrected chi connectivity index (χ0v) is 12.5. The second-order valence-electron chi connectivity index (χ2n) is 5.23. The molecule has 0 radical (unpaired) electrons. The average Bonchev–Trinajstić information content (AvgIpc) is 2.61. The summed E-state index contributed by atoms with van der Waals surface area (Å²) in [6, 6.07) is 0. The molecular weight excluding hydrogens is 232 g/mol. The fourth-order valence-corrected chi connectivity index (χ4v) is 2.14. The largest absolute Gasteiger partial charge is 0.301 e. The quantitative estimate of drug-likeness (QED) is 0.524. The summed E-state index contributed by atoms with van der Waals surface area (Å²) in [7, 11) is 1.80. The van der Waals surface area contributed by atoms with Crippen molar-refractivity contribution in [3.63, 3.8) is 0 Å². The predicted molar refractivity (Wildman–Crippen MR) is 84.7 cm³/mol. The molecule has 1 atom stereocenters. The van der Waals surface area contributed by atoms with Crippen LogP contribution in [-0.4, -0.2) is 19.5 Å². The van der Waals surface area contributed by atoms with Gasteiger partial charge in [0.2, 0.25) is 0 Å². The van der Waals surface area contributed by atoms with Gasteiger partial charge in [0, 0.05) is 25.4 Å². The maximum atomic E-state index is 5.62. The summed E-state index contributed by atoms with van der Waals surface area (Å²) < 4.78 is 0. The van der Waals surface area contributed by atoms with Crippen molar-refractivity contribution < 1.29 is 0 Å². The van der Waals surface area contributed by atoms with Crippen LogP contribution in [0.15, 0.2) is 32.9 Å². The highest BCUT2D eigenvalue weighted by molar-refractivity contribution is 5.82. The lowest BCUT2D eigenvalue weighted by molar-refractivity contribution is 0.708. The van der Waals surface area contributed by atoms with Crippen LogP contribution in [-0.2, 0) is 0 Å². The molecule has 0 saturated heterocycles. The van der Waals surface area contributed by atoms with Crippen LogP contribution in [0.4, 0.5) is 0 Å². The Balaban J connectivity index is 3.01. The summed E-state index contributed by atoms with van der Waals surface area (Å²) in [6.07, 6.45) is 14.4. The Kier molecular flexibility index (Phi) is 6.29. The van der Waals surface area contributed by atoms with E-state index in [1.165, 1.54) is 16.7 Å². The van der Waals surface area contributed by atoms with Gasteiger partial charge in [0.1, 0.15) is 0 Å². The molecule has 0 amide bonds. The SMILES string of the molecule is C#CC(C)C1=C(CCC=NC)C=NC=C(C(C)C)C1. The van der Waals surface area contributed by atoms with Crippen molar-refractivity contribution in [2.24, 2.45) is 21.8 Å². The molecule has 1 aliphatic rings. The molecule has 2 heteroatoms. The molecule has 0 N–H and O–H groups in total. The molecule has 1 aliphatic heterocycles. The average molecular weight is 256 g/mol. The van der Waals surface area contributed by atoms with Gasteiger partial charge in [-0.15, -0.1) is 6.42 Å². The maximum Gasteiger partial charge on any atom is 0.0390 e. The van der Waals surface area contributed by atoms with Crippen molar-refractivity contribution in [2.45, 2.75) is 40.0 Å². The molecule has 2 nitrogen and oxygen atoms in total. The number of hydrogen-bond acceptors (Lipinski definition) is 2. The molecule has 0 fully saturated rings. The first-order valence-electron chi connectivity index (χ1n) is 6.90. The first kappa shape index (κ1) is 15.4. The van der Waals surface area contributed by atoms with Gasteiger partial charge >= 0.3 is 0 Å². The Morgan fingerprint density at radius 3 is 2.79 bits per heavy atom. The topological polar surface area (TPSA) is 24.7 Å². The Morgan fingerprint density at radius 1 is 1.47 bits per heavy atom. The third kappa shape index (κ3) is 4.52. The third-order valence-electron chi connectivity index (χ3n) is 3.52. The van der Waals surface area contributed by atoms with Gasteiger partial charge in [-0.1, -0.05) is 19.8 Å². The second kappa shape index (κ2) is 7.74. The van der Waals surface area contributed by atoms with Crippen molar-refractivity contribution in [3.05, 3.63) is 22.9 Å². The highest BCUT2D eigenvalue weighted by atomic mass is 14.7. The Labute approximate surface area is 117 Å². The van der Waals surface area contributed by atoms with Gasteiger partial charge in [0.05, 0.1) is 0 Å². The number of rotatable bonds is 5. The van der Waals surface area contributed by atoms with E-state index in [1.54, 1.807) is 7.05 Å². The summed E-state index contributed by atoms with van der Waals surface area (Å²) in [5, 5.41) is 0. The summed E-state index contributed by atoms with van der Waals surface area (Å²) in [4.78, 5) is 8.47. The van der Waals surface area contributed by atoms with Gasteiger partial charge in [0.25, 0.3) is 0 Å². The number of aliphatic imine (C=N–C) groups is 2. The van der Waals surface area contributed by atoms with Crippen LogP contribution in [0.5, 0.6) is 0 Å². The predicted octanol–water partition coefficient (Wildman–Crippen LogP) is 4.05. The third-order valence-corrected chi connectivity index (χ3v) is 3.52.